The predicted octanol–water partition coefficient (Wildman–Crippen LogP) is 2.69. The standard InChI is InChI=1S/C13H18FNO/c1-15-10-7-6-9(8-10)11-4-3-5-12(16-2)13(11)14/h3-5,9-10,15H,6-8H2,1-2H3. The van der Waals surface area contributed by atoms with Crippen molar-refractivity contribution in [1.29, 1.82) is 0 Å². The first-order valence-corrected chi connectivity index (χ1v) is 5.76. The zero-order valence-electron chi connectivity index (χ0n) is 9.79. The molecule has 2 nitrogen and oxygen atoms in total. The molecule has 0 saturated heterocycles. The van der Waals surface area contributed by atoms with Crippen molar-refractivity contribution in [2.24, 2.45) is 0 Å². The summed E-state index contributed by atoms with van der Waals surface area (Å²) < 4.78 is 19.0. The Labute approximate surface area is 95.8 Å². The fourth-order valence-electron chi connectivity index (χ4n) is 2.53. The Morgan fingerprint density at radius 3 is 2.81 bits per heavy atom. The number of ether oxygens (including phenoxy) is 1. The molecule has 2 rings (SSSR count). The van der Waals surface area contributed by atoms with Gasteiger partial charge in [0.2, 0.25) is 0 Å². The molecule has 16 heavy (non-hydrogen) atoms. The van der Waals surface area contributed by atoms with Crippen molar-refractivity contribution in [3.63, 3.8) is 0 Å². The molecule has 1 aromatic rings. The number of hydrogen-bond donors (Lipinski definition) is 1. The van der Waals surface area contributed by atoms with Crippen LogP contribution in [0.2, 0.25) is 0 Å². The van der Waals surface area contributed by atoms with Crippen LogP contribution in [0.1, 0.15) is 30.7 Å². The Balaban J connectivity index is 2.21. The van der Waals surface area contributed by atoms with E-state index in [9.17, 15) is 4.39 Å². The molecular weight excluding hydrogens is 205 g/mol. The molecule has 0 radical (unpaired) electrons. The van der Waals surface area contributed by atoms with E-state index in [-0.39, 0.29) is 5.82 Å². The Morgan fingerprint density at radius 1 is 1.38 bits per heavy atom. The van der Waals surface area contributed by atoms with Crippen LogP contribution >= 0.6 is 0 Å². The van der Waals surface area contributed by atoms with Crippen molar-refractivity contribution in [1.82, 2.24) is 5.32 Å². The second kappa shape index (κ2) is 4.83. The first kappa shape index (κ1) is 11.4. The summed E-state index contributed by atoms with van der Waals surface area (Å²) in [5, 5.41) is 3.26. The molecule has 0 aliphatic heterocycles. The maximum absolute atomic E-state index is 14.0. The molecular formula is C13H18FNO. The van der Waals surface area contributed by atoms with Gasteiger partial charge in [0.05, 0.1) is 7.11 Å². The second-order valence-electron chi connectivity index (χ2n) is 4.36. The highest BCUT2D eigenvalue weighted by Gasteiger charge is 2.27. The van der Waals surface area contributed by atoms with Crippen molar-refractivity contribution in [2.75, 3.05) is 14.2 Å². The van der Waals surface area contributed by atoms with Crippen LogP contribution in [0.4, 0.5) is 4.39 Å². The third kappa shape index (κ3) is 2.05. The van der Waals surface area contributed by atoms with Crippen LogP contribution in [-0.4, -0.2) is 20.2 Å². The van der Waals surface area contributed by atoms with Crippen molar-refractivity contribution < 1.29 is 9.13 Å². The first-order chi connectivity index (χ1) is 7.76. The van der Waals surface area contributed by atoms with Crippen LogP contribution in [0.15, 0.2) is 18.2 Å². The molecule has 1 aromatic carbocycles. The Kier molecular flexibility index (Phi) is 3.44. The van der Waals surface area contributed by atoms with E-state index in [0.717, 1.165) is 24.8 Å². The summed E-state index contributed by atoms with van der Waals surface area (Å²) in [6.07, 6.45) is 3.19. The van der Waals surface area contributed by atoms with Crippen molar-refractivity contribution in [3.8, 4) is 5.75 Å². The van der Waals surface area contributed by atoms with Crippen LogP contribution in [0.3, 0.4) is 0 Å². The van der Waals surface area contributed by atoms with E-state index in [1.807, 2.05) is 19.2 Å². The van der Waals surface area contributed by atoms with Crippen molar-refractivity contribution in [3.05, 3.63) is 29.6 Å². The fourth-order valence-corrected chi connectivity index (χ4v) is 2.53. The summed E-state index contributed by atoms with van der Waals surface area (Å²) in [5.74, 6) is 0.490. The van der Waals surface area contributed by atoms with Gasteiger partial charge >= 0.3 is 0 Å². The smallest absolute Gasteiger partial charge is 0.168 e. The molecule has 1 N–H and O–H groups in total. The minimum absolute atomic E-state index is 0.188. The van der Waals surface area contributed by atoms with Crippen molar-refractivity contribution in [2.45, 2.75) is 31.2 Å². The van der Waals surface area contributed by atoms with Gasteiger partial charge in [-0.3, -0.25) is 0 Å². The molecule has 1 saturated carbocycles. The highest BCUT2D eigenvalue weighted by atomic mass is 19.1. The van der Waals surface area contributed by atoms with Gasteiger partial charge in [-0.15, -0.1) is 0 Å². The van der Waals surface area contributed by atoms with Crippen LogP contribution in [-0.2, 0) is 0 Å². The first-order valence-electron chi connectivity index (χ1n) is 5.76. The van der Waals surface area contributed by atoms with Gasteiger partial charge in [-0.05, 0) is 43.9 Å². The highest BCUT2D eigenvalue weighted by Crippen LogP contribution is 2.37. The minimum atomic E-state index is -0.188. The summed E-state index contributed by atoms with van der Waals surface area (Å²) in [7, 11) is 3.47. The molecule has 2 atom stereocenters. The lowest BCUT2D eigenvalue weighted by atomic mass is 9.96. The average molecular weight is 223 g/mol. The molecule has 2 unspecified atom stereocenters. The van der Waals surface area contributed by atoms with E-state index in [4.69, 9.17) is 4.74 Å². The summed E-state index contributed by atoms with van der Waals surface area (Å²) in [5.41, 5.74) is 0.803. The molecule has 0 aromatic heterocycles. The molecule has 3 heteroatoms. The maximum atomic E-state index is 14.0. The summed E-state index contributed by atoms with van der Waals surface area (Å²) >= 11 is 0. The Bertz CT molecular complexity index is 367. The van der Waals surface area contributed by atoms with Crippen LogP contribution < -0.4 is 10.1 Å². The van der Waals surface area contributed by atoms with Gasteiger partial charge in [0.25, 0.3) is 0 Å². The average Bonchev–Trinajstić information content (AvgIpc) is 2.78. The molecule has 0 bridgehead atoms. The van der Waals surface area contributed by atoms with E-state index in [0.29, 0.717) is 17.7 Å². The van der Waals surface area contributed by atoms with Gasteiger partial charge in [-0.1, -0.05) is 12.1 Å². The summed E-state index contributed by atoms with van der Waals surface area (Å²) in [6.45, 7) is 0. The van der Waals surface area contributed by atoms with E-state index in [1.165, 1.54) is 7.11 Å². The summed E-state index contributed by atoms with van der Waals surface area (Å²) in [6, 6.07) is 5.93. The summed E-state index contributed by atoms with van der Waals surface area (Å²) in [4.78, 5) is 0. The SMILES string of the molecule is CNC1CCC(c2cccc(OC)c2F)C1. The normalized spacial score (nSPS) is 24.7. The maximum Gasteiger partial charge on any atom is 0.168 e. The van der Waals surface area contributed by atoms with Crippen LogP contribution in [0.25, 0.3) is 0 Å². The zero-order chi connectivity index (χ0) is 11.5. The molecule has 1 aliphatic rings. The fraction of sp³-hybridized carbons (Fsp3) is 0.538. The number of nitrogens with one attached hydrogen (secondary N) is 1. The quantitative estimate of drug-likeness (QED) is 0.850. The molecule has 1 fully saturated rings. The minimum Gasteiger partial charge on any atom is -0.494 e. The van der Waals surface area contributed by atoms with E-state index in [2.05, 4.69) is 5.32 Å². The predicted molar refractivity (Wildman–Crippen MR) is 62.4 cm³/mol. The molecule has 88 valence electrons. The second-order valence-corrected chi connectivity index (χ2v) is 4.36. The number of rotatable bonds is 3. The van der Waals surface area contributed by atoms with E-state index < -0.39 is 0 Å². The third-order valence-corrected chi connectivity index (χ3v) is 3.49. The number of hydrogen-bond acceptors (Lipinski definition) is 2. The topological polar surface area (TPSA) is 21.3 Å². The van der Waals surface area contributed by atoms with Gasteiger partial charge in [0.1, 0.15) is 0 Å². The van der Waals surface area contributed by atoms with Gasteiger partial charge in [-0.25, -0.2) is 4.39 Å². The van der Waals surface area contributed by atoms with E-state index >= 15 is 0 Å². The monoisotopic (exact) mass is 223 g/mol. The number of benzene rings is 1. The van der Waals surface area contributed by atoms with Gasteiger partial charge in [0, 0.05) is 6.04 Å². The lowest BCUT2D eigenvalue weighted by molar-refractivity contribution is 0.382. The molecule has 0 spiro atoms. The lowest BCUT2D eigenvalue weighted by Gasteiger charge is -2.13. The Morgan fingerprint density at radius 2 is 2.19 bits per heavy atom. The van der Waals surface area contributed by atoms with Crippen LogP contribution in [0, 0.1) is 5.82 Å². The Hall–Kier alpha value is -1.09. The molecule has 1 aliphatic carbocycles. The number of methoxy groups -OCH3 is 1. The van der Waals surface area contributed by atoms with Gasteiger partial charge < -0.3 is 10.1 Å². The third-order valence-electron chi connectivity index (χ3n) is 3.49. The van der Waals surface area contributed by atoms with Gasteiger partial charge in [0.15, 0.2) is 11.6 Å². The molecule has 0 amide bonds. The molecule has 0 heterocycles. The zero-order valence-corrected chi connectivity index (χ0v) is 9.79. The largest absolute Gasteiger partial charge is 0.494 e. The van der Waals surface area contributed by atoms with Gasteiger partial charge in [-0.2, -0.15) is 0 Å². The highest BCUT2D eigenvalue weighted by molar-refractivity contribution is 5.33. The van der Waals surface area contributed by atoms with E-state index in [1.54, 1.807) is 6.07 Å². The lowest BCUT2D eigenvalue weighted by Crippen LogP contribution is -2.21. The number of halogens is 1. The van der Waals surface area contributed by atoms with Crippen molar-refractivity contribution >= 4 is 0 Å². The van der Waals surface area contributed by atoms with Crippen LogP contribution in [0.5, 0.6) is 5.75 Å².